The van der Waals surface area contributed by atoms with Gasteiger partial charge < -0.3 is 15.3 Å². The Morgan fingerprint density at radius 2 is 1.84 bits per heavy atom. The van der Waals surface area contributed by atoms with Crippen molar-refractivity contribution in [2.24, 2.45) is 0 Å². The van der Waals surface area contributed by atoms with Crippen LogP contribution in [0.25, 0.3) is 11.7 Å². The van der Waals surface area contributed by atoms with Crippen molar-refractivity contribution in [1.82, 2.24) is 24.8 Å². The van der Waals surface area contributed by atoms with Gasteiger partial charge in [0.25, 0.3) is 0 Å². The van der Waals surface area contributed by atoms with Crippen LogP contribution in [0.3, 0.4) is 0 Å². The minimum atomic E-state index is -0.740. The number of halogens is 2. The molecule has 4 rings (SSSR count). The number of carbonyl (C=O) groups is 1. The zero-order valence-corrected chi connectivity index (χ0v) is 23.8. The topological polar surface area (TPSA) is 82.8 Å². The lowest BCUT2D eigenvalue weighted by Gasteiger charge is -2.37. The zero-order chi connectivity index (χ0) is 25.0. The van der Waals surface area contributed by atoms with E-state index >= 15 is 0 Å². The number of nitrogens with one attached hydrogen (secondary N) is 1. The highest BCUT2D eigenvalue weighted by Gasteiger charge is 2.32. The van der Waals surface area contributed by atoms with Crippen molar-refractivity contribution in [2.45, 2.75) is 58.5 Å². The molecule has 0 aliphatic carbocycles. The summed E-state index contributed by atoms with van der Waals surface area (Å²) in [6.45, 7) is 7.80. The number of piperidine rings is 1. The van der Waals surface area contributed by atoms with E-state index in [0.29, 0.717) is 38.9 Å². The van der Waals surface area contributed by atoms with Gasteiger partial charge in [0, 0.05) is 36.5 Å². The quantitative estimate of drug-likeness (QED) is 0.438. The highest BCUT2D eigenvalue weighted by molar-refractivity contribution is 5.85. The van der Waals surface area contributed by atoms with Crippen LogP contribution in [0.1, 0.15) is 60.0 Å². The van der Waals surface area contributed by atoms with Gasteiger partial charge in [-0.15, -0.1) is 24.8 Å². The summed E-state index contributed by atoms with van der Waals surface area (Å²) in [7, 11) is 1.77. The minimum absolute atomic E-state index is 0. The maximum Gasteiger partial charge on any atom is 0.236 e. The highest BCUT2D eigenvalue weighted by atomic mass is 35.5. The monoisotopic (exact) mass is 547 g/mol. The fourth-order valence-electron chi connectivity index (χ4n) is 4.88. The predicted molar refractivity (Wildman–Crippen MR) is 154 cm³/mol. The van der Waals surface area contributed by atoms with E-state index in [1.165, 1.54) is 11.1 Å². The molecule has 0 saturated carbocycles. The number of amides is 1. The van der Waals surface area contributed by atoms with E-state index in [0.717, 1.165) is 41.1 Å². The molecule has 3 heterocycles. The van der Waals surface area contributed by atoms with Gasteiger partial charge in [-0.25, -0.2) is 9.50 Å². The molecule has 7 nitrogen and oxygen atoms in total. The van der Waals surface area contributed by atoms with Gasteiger partial charge in [0.2, 0.25) is 5.91 Å². The summed E-state index contributed by atoms with van der Waals surface area (Å²) in [6.07, 6.45) is 7.61. The lowest BCUT2D eigenvalue weighted by molar-refractivity contribution is -0.134. The first-order valence-corrected chi connectivity index (χ1v) is 12.6. The van der Waals surface area contributed by atoms with Crippen molar-refractivity contribution in [3.8, 4) is 0 Å². The average molecular weight is 549 g/mol. The minimum Gasteiger partial charge on any atom is -0.389 e. The van der Waals surface area contributed by atoms with Gasteiger partial charge in [0.05, 0.1) is 17.8 Å². The van der Waals surface area contributed by atoms with Gasteiger partial charge in [-0.3, -0.25) is 4.79 Å². The van der Waals surface area contributed by atoms with E-state index in [4.69, 9.17) is 10.1 Å². The number of aromatic nitrogens is 3. The van der Waals surface area contributed by atoms with Crippen molar-refractivity contribution in [1.29, 1.82) is 0 Å². The average Bonchev–Trinajstić information content (AvgIpc) is 3.18. The van der Waals surface area contributed by atoms with Crippen LogP contribution in [0.15, 0.2) is 36.4 Å². The van der Waals surface area contributed by atoms with Crippen LogP contribution in [-0.2, 0) is 17.6 Å². The Hall–Kier alpha value is -2.45. The molecule has 1 aliphatic heterocycles. The molecule has 9 heteroatoms. The number of rotatable bonds is 8. The summed E-state index contributed by atoms with van der Waals surface area (Å²) in [5.74, 6) is 0.0985. The van der Waals surface area contributed by atoms with Crippen LogP contribution in [0, 0.1) is 13.8 Å². The Morgan fingerprint density at radius 3 is 2.46 bits per heavy atom. The van der Waals surface area contributed by atoms with E-state index < -0.39 is 5.60 Å². The first kappa shape index (κ1) is 30.8. The number of likely N-dealkylation sites (N-methyl/N-ethyl adjacent to an activating group) is 1. The molecule has 1 aliphatic rings. The number of nitrogens with zero attached hydrogens (tertiary/aromatic N) is 4. The molecule has 1 saturated heterocycles. The third-order valence-corrected chi connectivity index (χ3v) is 6.95. The zero-order valence-electron chi connectivity index (χ0n) is 22.2. The molecule has 1 aromatic carbocycles. The SMILES string of the molecule is CCc1nn2c(C)cc(C)nc2c1Cc1ccc(/C=C/CC2(O)CCN(C(=O)CNC)CC2)cc1.Cl.Cl. The Kier molecular flexibility index (Phi) is 11.1. The molecular formula is C28H39Cl2N5O2. The van der Waals surface area contributed by atoms with Gasteiger partial charge in [0.15, 0.2) is 5.65 Å². The van der Waals surface area contributed by atoms with Crippen LogP contribution in [0.2, 0.25) is 0 Å². The summed E-state index contributed by atoms with van der Waals surface area (Å²) in [6, 6.07) is 10.6. The molecular weight excluding hydrogens is 509 g/mol. The molecule has 2 N–H and O–H groups in total. The van der Waals surface area contributed by atoms with Crippen LogP contribution in [0.5, 0.6) is 0 Å². The fourth-order valence-corrected chi connectivity index (χ4v) is 4.88. The molecule has 0 spiro atoms. The summed E-state index contributed by atoms with van der Waals surface area (Å²) in [4.78, 5) is 18.6. The number of hydrogen-bond acceptors (Lipinski definition) is 5. The van der Waals surface area contributed by atoms with Gasteiger partial charge in [-0.1, -0.05) is 43.3 Å². The second kappa shape index (κ2) is 13.4. The number of hydrogen-bond donors (Lipinski definition) is 2. The molecule has 0 atom stereocenters. The highest BCUT2D eigenvalue weighted by Crippen LogP contribution is 2.27. The number of fused-ring (bicyclic) bond motifs is 1. The normalized spacial score (nSPS) is 15.0. The standard InChI is InChI=1S/C28H37N5O2.2ClH/c1-5-25-24(27-30-20(2)17-21(3)33(27)31-25)18-23-10-8-22(9-11-23)7-6-12-28(35)13-15-32(16-14-28)26(34)19-29-4;;/h6-11,17,29,35H,5,12-16,18-19H2,1-4H3;2*1H/b7-6+;;. The van der Waals surface area contributed by atoms with Gasteiger partial charge in [0.1, 0.15) is 0 Å². The molecule has 1 fully saturated rings. The van der Waals surface area contributed by atoms with Crippen LogP contribution >= 0.6 is 24.8 Å². The first-order chi connectivity index (χ1) is 16.8. The summed E-state index contributed by atoms with van der Waals surface area (Å²) in [5.41, 5.74) is 6.96. The smallest absolute Gasteiger partial charge is 0.236 e. The third kappa shape index (κ3) is 7.32. The molecule has 37 heavy (non-hydrogen) atoms. The van der Waals surface area contributed by atoms with E-state index in [1.54, 1.807) is 7.05 Å². The maximum atomic E-state index is 12.0. The van der Waals surface area contributed by atoms with Crippen molar-refractivity contribution in [3.05, 3.63) is 70.2 Å². The van der Waals surface area contributed by atoms with Gasteiger partial charge in [-0.2, -0.15) is 5.10 Å². The van der Waals surface area contributed by atoms with E-state index in [2.05, 4.69) is 61.6 Å². The molecule has 2 aromatic heterocycles. The van der Waals surface area contributed by atoms with Crippen LogP contribution < -0.4 is 5.32 Å². The Balaban J connectivity index is 0.00000241. The second-order valence-electron chi connectivity index (χ2n) is 9.71. The lowest BCUT2D eigenvalue weighted by atomic mass is 9.88. The number of benzene rings is 1. The van der Waals surface area contributed by atoms with Crippen molar-refractivity contribution >= 4 is 42.4 Å². The molecule has 0 radical (unpaired) electrons. The van der Waals surface area contributed by atoms with Crippen molar-refractivity contribution in [2.75, 3.05) is 26.7 Å². The molecule has 1 amide bonds. The van der Waals surface area contributed by atoms with Crippen molar-refractivity contribution in [3.63, 3.8) is 0 Å². The third-order valence-electron chi connectivity index (χ3n) is 6.95. The number of aryl methyl sites for hydroxylation is 3. The Labute approximate surface area is 232 Å². The van der Waals surface area contributed by atoms with Gasteiger partial charge >= 0.3 is 0 Å². The summed E-state index contributed by atoms with van der Waals surface area (Å²) < 4.78 is 1.96. The Bertz CT molecular complexity index is 1220. The van der Waals surface area contributed by atoms with E-state index in [1.807, 2.05) is 16.3 Å². The number of likely N-dealkylation sites (tertiary alicyclic amines) is 1. The number of carbonyl (C=O) groups excluding carboxylic acids is 1. The first-order valence-electron chi connectivity index (χ1n) is 12.6. The lowest BCUT2D eigenvalue weighted by Crippen LogP contribution is -2.48. The predicted octanol–water partition coefficient (Wildman–Crippen LogP) is 4.32. The largest absolute Gasteiger partial charge is 0.389 e. The second-order valence-corrected chi connectivity index (χ2v) is 9.71. The molecule has 0 unspecified atom stereocenters. The van der Waals surface area contributed by atoms with Crippen LogP contribution in [-0.4, -0.2) is 62.8 Å². The molecule has 0 bridgehead atoms. The number of aliphatic hydroxyl groups is 1. The van der Waals surface area contributed by atoms with Crippen LogP contribution in [0.4, 0.5) is 0 Å². The van der Waals surface area contributed by atoms with Crippen molar-refractivity contribution < 1.29 is 9.90 Å². The Morgan fingerprint density at radius 1 is 1.16 bits per heavy atom. The molecule has 202 valence electrons. The van der Waals surface area contributed by atoms with E-state index in [9.17, 15) is 9.90 Å². The summed E-state index contributed by atoms with van der Waals surface area (Å²) >= 11 is 0. The maximum absolute atomic E-state index is 12.0. The van der Waals surface area contributed by atoms with Gasteiger partial charge in [-0.05, 0) is 63.8 Å². The summed E-state index contributed by atoms with van der Waals surface area (Å²) in [5, 5.41) is 18.6. The fraction of sp³-hybridized carbons (Fsp3) is 0.464. The molecule has 3 aromatic rings. The van der Waals surface area contributed by atoms with E-state index in [-0.39, 0.29) is 30.7 Å².